The van der Waals surface area contributed by atoms with Crippen molar-refractivity contribution in [1.82, 2.24) is 9.71 Å². The number of anilines is 1. The number of sulfonamides is 1. The number of carbonyl (C=O) groups is 1. The summed E-state index contributed by atoms with van der Waals surface area (Å²) in [5.74, 6) is 2.86. The van der Waals surface area contributed by atoms with Crippen LogP contribution in [0, 0.1) is 52.3 Å². The van der Waals surface area contributed by atoms with Gasteiger partial charge in [0.05, 0.1) is 18.8 Å². The highest BCUT2D eigenvalue weighted by Crippen LogP contribution is 2.69. The number of ether oxygens (including phenoxy) is 1. The van der Waals surface area contributed by atoms with E-state index in [2.05, 4.69) is 42.3 Å². The van der Waals surface area contributed by atoms with E-state index in [1.165, 1.54) is 18.7 Å². The summed E-state index contributed by atoms with van der Waals surface area (Å²) in [6.45, 7) is 11.1. The van der Waals surface area contributed by atoms with Crippen LogP contribution < -0.4 is 9.62 Å². The SMILES string of the molecule is CC[C@H]1[C@@H](O)[C@@H]2[C@H](CC[C@]3(C)[C@@H]([C@H](C)COC(=O)NS(=O)(=O)c4ccc(N5CCCCC5)nc4)CC[C@@H]23)[C@@]2(C)CC[C@@H](O)C[C@@H]12. The molecular formula is C35H55N3O6S. The van der Waals surface area contributed by atoms with Gasteiger partial charge >= 0.3 is 6.09 Å². The zero-order valence-electron chi connectivity index (χ0n) is 27.7. The summed E-state index contributed by atoms with van der Waals surface area (Å²) in [6.07, 6.45) is 11.0. The lowest BCUT2D eigenvalue weighted by Gasteiger charge is -2.64. The average molecular weight is 646 g/mol. The molecule has 11 atom stereocenters. The third kappa shape index (κ3) is 5.90. The number of amides is 1. The van der Waals surface area contributed by atoms with Gasteiger partial charge in [-0.15, -0.1) is 0 Å². The second-order valence-electron chi connectivity index (χ2n) is 15.7. The number of piperidine rings is 1. The number of carbonyl (C=O) groups excluding carboxylic acids is 1. The van der Waals surface area contributed by atoms with Gasteiger partial charge in [0.15, 0.2) is 0 Å². The van der Waals surface area contributed by atoms with E-state index in [4.69, 9.17) is 4.74 Å². The lowest BCUT2D eigenvalue weighted by atomic mass is 9.41. The Morgan fingerprint density at radius 2 is 1.76 bits per heavy atom. The Labute approximate surface area is 270 Å². The molecule has 2 heterocycles. The maximum absolute atomic E-state index is 12.9. The normalized spacial score (nSPS) is 40.5. The van der Waals surface area contributed by atoms with Gasteiger partial charge in [0.25, 0.3) is 10.0 Å². The molecular weight excluding hydrogens is 590 g/mol. The molecule has 1 aromatic rings. The number of aliphatic hydroxyl groups excluding tert-OH is 2. The molecule has 0 radical (unpaired) electrons. The van der Waals surface area contributed by atoms with Crippen molar-refractivity contribution in [2.45, 2.75) is 115 Å². The topological polar surface area (TPSA) is 129 Å². The van der Waals surface area contributed by atoms with E-state index in [9.17, 15) is 23.4 Å². The van der Waals surface area contributed by atoms with Crippen molar-refractivity contribution in [3.63, 3.8) is 0 Å². The van der Waals surface area contributed by atoms with Crippen molar-refractivity contribution in [2.24, 2.45) is 52.3 Å². The van der Waals surface area contributed by atoms with Crippen LogP contribution in [0.25, 0.3) is 0 Å². The molecule has 5 aliphatic rings. The van der Waals surface area contributed by atoms with E-state index < -0.39 is 16.1 Å². The Balaban J connectivity index is 1.08. The minimum Gasteiger partial charge on any atom is -0.449 e. The zero-order chi connectivity index (χ0) is 32.1. The van der Waals surface area contributed by atoms with E-state index in [0.29, 0.717) is 23.7 Å². The molecule has 5 fully saturated rings. The first-order chi connectivity index (χ1) is 21.4. The van der Waals surface area contributed by atoms with E-state index in [1.54, 1.807) is 6.07 Å². The minimum absolute atomic E-state index is 0.0327. The second-order valence-corrected chi connectivity index (χ2v) is 17.4. The number of hydrogen-bond acceptors (Lipinski definition) is 8. The molecule has 45 heavy (non-hydrogen) atoms. The van der Waals surface area contributed by atoms with Crippen LogP contribution in [-0.4, -0.2) is 61.6 Å². The summed E-state index contributed by atoms with van der Waals surface area (Å²) < 4.78 is 33.5. The highest BCUT2D eigenvalue weighted by molar-refractivity contribution is 7.90. The van der Waals surface area contributed by atoms with Crippen LogP contribution in [0.1, 0.15) is 98.3 Å². The van der Waals surface area contributed by atoms with Crippen LogP contribution in [0.2, 0.25) is 0 Å². The maximum atomic E-state index is 12.9. The molecule has 1 saturated heterocycles. The molecule has 6 rings (SSSR count). The minimum atomic E-state index is -4.10. The molecule has 4 saturated carbocycles. The van der Waals surface area contributed by atoms with Gasteiger partial charge in [-0.2, -0.15) is 0 Å². The molecule has 1 aliphatic heterocycles. The first-order valence-electron chi connectivity index (χ1n) is 17.7. The van der Waals surface area contributed by atoms with E-state index in [-0.39, 0.29) is 52.3 Å². The lowest BCUT2D eigenvalue weighted by Crippen LogP contribution is -2.62. The van der Waals surface area contributed by atoms with Crippen LogP contribution in [0.5, 0.6) is 0 Å². The number of fused-ring (bicyclic) bond motifs is 5. The standard InChI is InChI=1S/C35H55N3O6S/c1-5-25-29-19-23(39)13-15-35(29,4)28-14-16-34(3)26(10-11-27(34)31(28)32(25)40)22(2)21-44-33(41)37-45(42,43)24-9-12-30(36-20-24)38-17-7-6-8-18-38/h9,12,20,22-23,25-29,31-32,39-40H,5-8,10-11,13-19,21H2,1-4H3,(H,37,41)/t22-,23-,25-,26-,27+,28+,29+,31+,32-,34-,35-/m1/s1. The Kier molecular flexibility index (Phi) is 9.24. The molecule has 252 valence electrons. The van der Waals surface area contributed by atoms with Gasteiger partial charge in [-0.3, -0.25) is 0 Å². The fourth-order valence-electron chi connectivity index (χ4n) is 11.3. The zero-order valence-corrected chi connectivity index (χ0v) is 28.5. The molecule has 0 bridgehead atoms. The van der Waals surface area contributed by atoms with Gasteiger partial charge in [0.2, 0.25) is 0 Å². The number of aliphatic hydroxyl groups is 2. The summed E-state index contributed by atoms with van der Waals surface area (Å²) in [7, 11) is -4.10. The Hall–Kier alpha value is -1.91. The molecule has 0 unspecified atom stereocenters. The average Bonchev–Trinajstić information content (AvgIpc) is 3.38. The van der Waals surface area contributed by atoms with Gasteiger partial charge < -0.3 is 19.8 Å². The number of aromatic nitrogens is 1. The summed E-state index contributed by atoms with van der Waals surface area (Å²) in [5.41, 5.74) is 0.190. The summed E-state index contributed by atoms with van der Waals surface area (Å²) >= 11 is 0. The Bertz CT molecular complexity index is 1320. The molecule has 1 amide bonds. The van der Waals surface area contributed by atoms with E-state index >= 15 is 0 Å². The van der Waals surface area contributed by atoms with Crippen molar-refractivity contribution in [2.75, 3.05) is 24.6 Å². The van der Waals surface area contributed by atoms with Crippen molar-refractivity contribution in [1.29, 1.82) is 0 Å². The van der Waals surface area contributed by atoms with Gasteiger partial charge in [-0.1, -0.05) is 34.1 Å². The third-order valence-electron chi connectivity index (χ3n) is 13.6. The summed E-state index contributed by atoms with van der Waals surface area (Å²) in [5, 5.41) is 22.5. The third-order valence-corrected chi connectivity index (χ3v) is 14.9. The largest absolute Gasteiger partial charge is 0.449 e. The molecule has 0 spiro atoms. The molecule has 0 aromatic carbocycles. The van der Waals surface area contributed by atoms with E-state index in [1.807, 2.05) is 0 Å². The summed E-state index contributed by atoms with van der Waals surface area (Å²) in [4.78, 5) is 19.2. The maximum Gasteiger partial charge on any atom is 0.421 e. The summed E-state index contributed by atoms with van der Waals surface area (Å²) in [6, 6.07) is 3.19. The number of hydrogen-bond donors (Lipinski definition) is 3. The Morgan fingerprint density at radius 3 is 2.44 bits per heavy atom. The van der Waals surface area contributed by atoms with Crippen LogP contribution >= 0.6 is 0 Å². The van der Waals surface area contributed by atoms with Crippen molar-refractivity contribution in [3.8, 4) is 0 Å². The number of nitrogens with one attached hydrogen (secondary N) is 1. The van der Waals surface area contributed by atoms with Crippen LogP contribution in [0.3, 0.4) is 0 Å². The molecule has 1 aromatic heterocycles. The predicted octanol–water partition coefficient (Wildman–Crippen LogP) is 5.75. The van der Waals surface area contributed by atoms with Crippen molar-refractivity contribution < 1.29 is 28.2 Å². The van der Waals surface area contributed by atoms with Gasteiger partial charge in [-0.25, -0.2) is 22.9 Å². The fraction of sp³-hybridized carbons (Fsp3) is 0.829. The Morgan fingerprint density at radius 1 is 1.04 bits per heavy atom. The first kappa shape index (κ1) is 33.0. The molecule has 10 heteroatoms. The highest BCUT2D eigenvalue weighted by atomic mass is 32.2. The quantitative estimate of drug-likeness (QED) is 0.342. The number of nitrogens with zero attached hydrogens (tertiary/aromatic N) is 2. The lowest BCUT2D eigenvalue weighted by molar-refractivity contribution is -0.203. The molecule has 3 N–H and O–H groups in total. The van der Waals surface area contributed by atoms with Crippen LogP contribution in [0.15, 0.2) is 23.2 Å². The fourth-order valence-corrected chi connectivity index (χ4v) is 12.1. The van der Waals surface area contributed by atoms with Crippen LogP contribution in [-0.2, 0) is 14.8 Å². The monoisotopic (exact) mass is 645 g/mol. The van der Waals surface area contributed by atoms with Crippen LogP contribution in [0.4, 0.5) is 10.6 Å². The van der Waals surface area contributed by atoms with Gasteiger partial charge in [-0.05, 0) is 129 Å². The van der Waals surface area contributed by atoms with Crippen molar-refractivity contribution in [3.05, 3.63) is 18.3 Å². The highest BCUT2D eigenvalue weighted by Gasteiger charge is 2.65. The van der Waals surface area contributed by atoms with Gasteiger partial charge in [0, 0.05) is 19.3 Å². The van der Waals surface area contributed by atoms with E-state index in [0.717, 1.165) is 83.1 Å². The number of pyridine rings is 1. The van der Waals surface area contributed by atoms with Crippen molar-refractivity contribution >= 4 is 21.9 Å². The smallest absolute Gasteiger partial charge is 0.421 e. The van der Waals surface area contributed by atoms with Gasteiger partial charge in [0.1, 0.15) is 10.7 Å². The molecule has 4 aliphatic carbocycles. The predicted molar refractivity (Wildman–Crippen MR) is 173 cm³/mol. The number of rotatable bonds is 7. The molecule has 9 nitrogen and oxygen atoms in total. The first-order valence-corrected chi connectivity index (χ1v) is 19.1. The second kappa shape index (κ2) is 12.6.